The second-order valence-corrected chi connectivity index (χ2v) is 7.28. The normalized spacial score (nSPS) is 21.0. The number of nitrogens with zero attached hydrogens (tertiary/aromatic N) is 2. The summed E-state index contributed by atoms with van der Waals surface area (Å²) in [6.45, 7) is 2.48. The number of aryl methyl sites for hydroxylation is 2. The summed E-state index contributed by atoms with van der Waals surface area (Å²) in [4.78, 5) is 21.1. The molecule has 0 unspecified atom stereocenters. The molecular weight excluding hydrogens is 354 g/mol. The van der Waals surface area contributed by atoms with E-state index in [-0.39, 0.29) is 19.3 Å². The van der Waals surface area contributed by atoms with Gasteiger partial charge in [-0.2, -0.15) is 5.26 Å². The maximum absolute atomic E-state index is 14.0. The van der Waals surface area contributed by atoms with Crippen molar-refractivity contribution in [2.24, 2.45) is 5.92 Å². The van der Waals surface area contributed by atoms with Crippen LogP contribution < -0.4 is 0 Å². The van der Waals surface area contributed by atoms with Crippen molar-refractivity contribution in [3.05, 3.63) is 54.1 Å². The first kappa shape index (κ1) is 19.5. The van der Waals surface area contributed by atoms with Crippen LogP contribution in [0.3, 0.4) is 0 Å². The van der Waals surface area contributed by atoms with E-state index >= 15 is 0 Å². The predicted molar refractivity (Wildman–Crippen MR) is 95.3 cm³/mol. The molecule has 2 atom stereocenters. The third-order valence-corrected chi connectivity index (χ3v) is 5.73. The Bertz CT molecular complexity index is 779. The standard InChI is InChI=1S/C20H24F2N2O3/c1-15-23-11-13-24(15)12-5-9-20(18(25)27-26,16-6-3-2-4-7-16)17-8-10-19(21,22)14-17/h2-4,6-7,11,13,17,26H,5,8-10,12,14H2,1H3/t17-,20+/m1/s1. The lowest BCUT2D eigenvalue weighted by Gasteiger charge is -2.36. The molecular formula is C20H24F2N2O3. The summed E-state index contributed by atoms with van der Waals surface area (Å²) >= 11 is 0. The van der Waals surface area contributed by atoms with Gasteiger partial charge in [-0.25, -0.2) is 18.6 Å². The van der Waals surface area contributed by atoms with E-state index in [0.29, 0.717) is 24.9 Å². The van der Waals surface area contributed by atoms with Crippen molar-refractivity contribution in [1.29, 1.82) is 0 Å². The fourth-order valence-corrected chi connectivity index (χ4v) is 4.33. The number of benzene rings is 1. The van der Waals surface area contributed by atoms with E-state index < -0.39 is 23.2 Å². The average molecular weight is 378 g/mol. The largest absolute Gasteiger partial charge is 0.352 e. The maximum Gasteiger partial charge on any atom is 0.352 e. The molecule has 2 aromatic rings. The molecule has 1 heterocycles. The molecule has 5 nitrogen and oxygen atoms in total. The number of hydrogen-bond acceptors (Lipinski definition) is 4. The molecule has 1 saturated carbocycles. The second kappa shape index (κ2) is 7.76. The highest BCUT2D eigenvalue weighted by atomic mass is 19.3. The summed E-state index contributed by atoms with van der Waals surface area (Å²) in [7, 11) is 0. The van der Waals surface area contributed by atoms with Gasteiger partial charge in [0.2, 0.25) is 5.92 Å². The molecule has 1 aromatic carbocycles. The van der Waals surface area contributed by atoms with Crippen molar-refractivity contribution >= 4 is 5.97 Å². The lowest BCUT2D eigenvalue weighted by Crippen LogP contribution is -2.44. The first-order valence-electron chi connectivity index (χ1n) is 9.16. The fraction of sp³-hybridized carbons (Fsp3) is 0.500. The molecule has 1 aliphatic carbocycles. The van der Waals surface area contributed by atoms with Crippen molar-refractivity contribution in [2.75, 3.05) is 0 Å². The van der Waals surface area contributed by atoms with Crippen LogP contribution in [0.5, 0.6) is 0 Å². The third-order valence-electron chi connectivity index (χ3n) is 5.73. The van der Waals surface area contributed by atoms with Crippen LogP contribution in [0, 0.1) is 12.8 Å². The van der Waals surface area contributed by atoms with Crippen molar-refractivity contribution in [3.63, 3.8) is 0 Å². The minimum Gasteiger partial charge on any atom is -0.335 e. The first-order valence-corrected chi connectivity index (χ1v) is 9.16. The molecule has 0 bridgehead atoms. The van der Waals surface area contributed by atoms with Gasteiger partial charge in [-0.1, -0.05) is 30.3 Å². The quantitative estimate of drug-likeness (QED) is 0.574. The Morgan fingerprint density at radius 2 is 2.15 bits per heavy atom. The van der Waals surface area contributed by atoms with Crippen LogP contribution in [0.15, 0.2) is 42.7 Å². The molecule has 0 radical (unpaired) electrons. The van der Waals surface area contributed by atoms with Gasteiger partial charge in [-0.05, 0) is 37.7 Å². The topological polar surface area (TPSA) is 64.4 Å². The minimum atomic E-state index is -2.80. The molecule has 0 spiro atoms. The molecule has 1 fully saturated rings. The Labute approximate surface area is 156 Å². The van der Waals surface area contributed by atoms with Crippen LogP contribution >= 0.6 is 0 Å². The Morgan fingerprint density at radius 3 is 2.70 bits per heavy atom. The zero-order valence-corrected chi connectivity index (χ0v) is 15.3. The summed E-state index contributed by atoms with van der Waals surface area (Å²) in [5.41, 5.74) is -0.696. The van der Waals surface area contributed by atoms with Crippen LogP contribution in [0.4, 0.5) is 8.78 Å². The van der Waals surface area contributed by atoms with Gasteiger partial charge in [0.25, 0.3) is 0 Å². The van der Waals surface area contributed by atoms with E-state index in [0.717, 1.165) is 5.82 Å². The van der Waals surface area contributed by atoms with Gasteiger partial charge in [-0.15, -0.1) is 0 Å². The van der Waals surface area contributed by atoms with Crippen LogP contribution in [-0.4, -0.2) is 26.7 Å². The van der Waals surface area contributed by atoms with E-state index in [1.54, 1.807) is 36.5 Å². The highest BCUT2D eigenvalue weighted by Gasteiger charge is 2.55. The fourth-order valence-electron chi connectivity index (χ4n) is 4.33. The molecule has 1 aliphatic rings. The number of alkyl halides is 2. The monoisotopic (exact) mass is 378 g/mol. The van der Waals surface area contributed by atoms with Crippen LogP contribution in [0.1, 0.15) is 43.5 Å². The molecule has 1 N–H and O–H groups in total. The minimum absolute atomic E-state index is 0.209. The second-order valence-electron chi connectivity index (χ2n) is 7.28. The third kappa shape index (κ3) is 3.88. The van der Waals surface area contributed by atoms with E-state index in [4.69, 9.17) is 0 Å². The highest BCUT2D eigenvalue weighted by molar-refractivity contribution is 5.83. The number of carbonyl (C=O) groups excluding carboxylic acids is 1. The van der Waals surface area contributed by atoms with E-state index in [1.807, 2.05) is 17.7 Å². The molecule has 7 heteroatoms. The molecule has 0 saturated heterocycles. The summed E-state index contributed by atoms with van der Waals surface area (Å²) in [5, 5.41) is 9.20. The van der Waals surface area contributed by atoms with Gasteiger partial charge in [0.05, 0.1) is 5.41 Å². The molecule has 0 amide bonds. The summed E-state index contributed by atoms with van der Waals surface area (Å²) in [6.07, 6.45) is 3.96. The van der Waals surface area contributed by atoms with Crippen molar-refractivity contribution in [1.82, 2.24) is 9.55 Å². The Balaban J connectivity index is 1.93. The van der Waals surface area contributed by atoms with Crippen LogP contribution in [-0.2, 0) is 21.6 Å². The molecule has 1 aromatic heterocycles. The Kier molecular flexibility index (Phi) is 5.60. The average Bonchev–Trinajstić information content (AvgIpc) is 3.24. The summed E-state index contributed by atoms with van der Waals surface area (Å²) in [5.74, 6) is -3.42. The smallest absolute Gasteiger partial charge is 0.335 e. The number of carbonyl (C=O) groups is 1. The van der Waals surface area contributed by atoms with E-state index in [1.165, 1.54) is 0 Å². The lowest BCUT2D eigenvalue weighted by atomic mass is 9.66. The first-order chi connectivity index (χ1) is 12.9. The van der Waals surface area contributed by atoms with Gasteiger partial charge in [0.15, 0.2) is 0 Å². The Morgan fingerprint density at radius 1 is 1.41 bits per heavy atom. The van der Waals surface area contributed by atoms with Gasteiger partial charge in [0.1, 0.15) is 5.82 Å². The van der Waals surface area contributed by atoms with Crippen molar-refractivity contribution < 1.29 is 23.7 Å². The van der Waals surface area contributed by atoms with E-state index in [2.05, 4.69) is 9.87 Å². The van der Waals surface area contributed by atoms with Gasteiger partial charge < -0.3 is 9.45 Å². The number of hydrogen-bond donors (Lipinski definition) is 1. The SMILES string of the molecule is Cc1nccn1CCC[C@](C(=O)OO)(c1ccccc1)[C@@H]1CCC(F)(F)C1. The Hall–Kier alpha value is -2.28. The summed E-state index contributed by atoms with van der Waals surface area (Å²) < 4.78 is 29.9. The van der Waals surface area contributed by atoms with Crippen molar-refractivity contribution in [3.8, 4) is 0 Å². The van der Waals surface area contributed by atoms with E-state index in [9.17, 15) is 18.8 Å². The molecule has 3 rings (SSSR count). The zero-order valence-electron chi connectivity index (χ0n) is 15.3. The number of aromatic nitrogens is 2. The number of imidazole rings is 1. The van der Waals surface area contributed by atoms with Gasteiger partial charge >= 0.3 is 5.97 Å². The van der Waals surface area contributed by atoms with Crippen LogP contribution in [0.2, 0.25) is 0 Å². The number of halogens is 2. The zero-order chi connectivity index (χ0) is 19.5. The maximum atomic E-state index is 14.0. The van der Waals surface area contributed by atoms with Gasteiger partial charge in [-0.3, -0.25) is 0 Å². The lowest BCUT2D eigenvalue weighted by molar-refractivity contribution is -0.243. The van der Waals surface area contributed by atoms with Crippen LogP contribution in [0.25, 0.3) is 0 Å². The highest BCUT2D eigenvalue weighted by Crippen LogP contribution is 2.51. The molecule has 146 valence electrons. The number of rotatable bonds is 7. The van der Waals surface area contributed by atoms with Crippen molar-refractivity contribution in [2.45, 2.75) is 56.9 Å². The predicted octanol–water partition coefficient (Wildman–Crippen LogP) is 4.36. The summed E-state index contributed by atoms with van der Waals surface area (Å²) in [6, 6.07) is 8.83. The molecule has 27 heavy (non-hydrogen) atoms. The van der Waals surface area contributed by atoms with Gasteiger partial charge in [0, 0.05) is 31.8 Å². The molecule has 0 aliphatic heterocycles.